The maximum Gasteiger partial charge on any atom is 0.266 e. The third kappa shape index (κ3) is 2.82. The van der Waals surface area contributed by atoms with E-state index in [-0.39, 0.29) is 5.91 Å². The van der Waals surface area contributed by atoms with Crippen LogP contribution in [-0.2, 0) is 11.8 Å². The molecule has 0 spiro atoms. The van der Waals surface area contributed by atoms with Crippen LogP contribution in [0.15, 0.2) is 52.6 Å². The van der Waals surface area contributed by atoms with Crippen molar-refractivity contribution in [3.05, 3.63) is 53.3 Å². The van der Waals surface area contributed by atoms with E-state index >= 15 is 0 Å². The third-order valence-corrected chi connectivity index (χ3v) is 4.33. The maximum atomic E-state index is 12.5. The Labute approximate surface area is 133 Å². The zero-order valence-electron chi connectivity index (χ0n) is 12.4. The maximum absolute atomic E-state index is 12.5. The molecule has 3 heterocycles. The largest absolute Gasteiger partial charge is 0.351 e. The number of amides is 1. The van der Waals surface area contributed by atoms with Crippen LogP contribution in [0.25, 0.3) is 6.08 Å². The Morgan fingerprint density at radius 3 is 2.82 bits per heavy atom. The Kier molecular flexibility index (Phi) is 4.11. The molecule has 22 heavy (non-hydrogen) atoms. The number of carbonyl (C=O) groups excluding carboxylic acids is 1. The summed E-state index contributed by atoms with van der Waals surface area (Å²) in [5.74, 6) is 0.597. The molecule has 0 radical (unpaired) electrons. The minimum atomic E-state index is -0.0108. The number of amidine groups is 1. The molecule has 1 amide bonds. The molecule has 112 valence electrons. The zero-order valence-corrected chi connectivity index (χ0v) is 13.2. The first-order valence-electron chi connectivity index (χ1n) is 7.01. The summed E-state index contributed by atoms with van der Waals surface area (Å²) < 4.78 is 1.98. The van der Waals surface area contributed by atoms with Crippen molar-refractivity contribution in [2.45, 2.75) is 6.92 Å². The van der Waals surface area contributed by atoms with Crippen LogP contribution in [0.4, 0.5) is 5.82 Å². The van der Waals surface area contributed by atoms with Gasteiger partial charge in [0.25, 0.3) is 5.91 Å². The van der Waals surface area contributed by atoms with Gasteiger partial charge in [-0.25, -0.2) is 9.98 Å². The van der Waals surface area contributed by atoms with E-state index in [1.54, 1.807) is 11.1 Å². The van der Waals surface area contributed by atoms with Crippen LogP contribution in [0.5, 0.6) is 0 Å². The Bertz CT molecular complexity index is 749. The van der Waals surface area contributed by atoms with Crippen LogP contribution in [0, 0.1) is 0 Å². The highest BCUT2D eigenvalue weighted by Crippen LogP contribution is 2.33. The Balaban J connectivity index is 1.94. The fourth-order valence-electron chi connectivity index (χ4n) is 2.15. The summed E-state index contributed by atoms with van der Waals surface area (Å²) in [6.45, 7) is 2.53. The molecule has 1 aliphatic rings. The molecular weight excluding hydrogens is 296 g/mol. The van der Waals surface area contributed by atoms with E-state index in [1.165, 1.54) is 11.8 Å². The van der Waals surface area contributed by atoms with Gasteiger partial charge in [-0.05, 0) is 49.0 Å². The number of hydrogen-bond acceptors (Lipinski definition) is 4. The van der Waals surface area contributed by atoms with Gasteiger partial charge in [0, 0.05) is 31.7 Å². The van der Waals surface area contributed by atoms with Crippen LogP contribution in [0.3, 0.4) is 0 Å². The smallest absolute Gasteiger partial charge is 0.266 e. The number of thioether (sulfide) groups is 1. The lowest BCUT2D eigenvalue weighted by molar-refractivity contribution is -0.122. The first-order valence-corrected chi connectivity index (χ1v) is 7.83. The molecule has 1 fully saturated rings. The molecule has 2 aromatic heterocycles. The number of hydrogen-bond donors (Lipinski definition) is 0. The molecule has 6 heteroatoms. The van der Waals surface area contributed by atoms with Crippen molar-refractivity contribution < 1.29 is 4.79 Å². The molecule has 0 unspecified atom stereocenters. The first-order chi connectivity index (χ1) is 10.7. The molecule has 1 saturated heterocycles. The summed E-state index contributed by atoms with van der Waals surface area (Å²) in [6.07, 6.45) is 5.55. The number of aliphatic imine (C=N–C) groups is 1. The molecule has 0 aromatic carbocycles. The van der Waals surface area contributed by atoms with Crippen molar-refractivity contribution in [1.29, 1.82) is 0 Å². The number of pyridine rings is 1. The topological polar surface area (TPSA) is 50.5 Å². The van der Waals surface area contributed by atoms with Gasteiger partial charge in [-0.2, -0.15) is 0 Å². The van der Waals surface area contributed by atoms with Crippen LogP contribution in [-0.4, -0.2) is 32.1 Å². The van der Waals surface area contributed by atoms with Gasteiger partial charge in [-0.3, -0.25) is 9.69 Å². The summed E-state index contributed by atoms with van der Waals surface area (Å²) in [4.78, 5) is 23.5. The van der Waals surface area contributed by atoms with E-state index in [1.807, 2.05) is 61.1 Å². The van der Waals surface area contributed by atoms with Crippen LogP contribution < -0.4 is 0 Å². The van der Waals surface area contributed by atoms with Crippen molar-refractivity contribution in [2.75, 3.05) is 6.54 Å². The van der Waals surface area contributed by atoms with Crippen LogP contribution >= 0.6 is 11.8 Å². The van der Waals surface area contributed by atoms with Gasteiger partial charge in [0.05, 0.1) is 4.91 Å². The van der Waals surface area contributed by atoms with Crippen molar-refractivity contribution in [3.63, 3.8) is 0 Å². The van der Waals surface area contributed by atoms with Gasteiger partial charge in [-0.1, -0.05) is 6.07 Å². The number of carbonyl (C=O) groups is 1. The summed E-state index contributed by atoms with van der Waals surface area (Å²) in [6, 6.07) is 9.48. The molecule has 2 aromatic rings. The summed E-state index contributed by atoms with van der Waals surface area (Å²) in [7, 11) is 1.96. The van der Waals surface area contributed by atoms with E-state index in [0.29, 0.717) is 22.4 Å². The number of aromatic nitrogens is 2. The predicted octanol–water partition coefficient (Wildman–Crippen LogP) is 3.04. The van der Waals surface area contributed by atoms with Crippen molar-refractivity contribution in [2.24, 2.45) is 12.0 Å². The van der Waals surface area contributed by atoms with E-state index < -0.39 is 0 Å². The van der Waals surface area contributed by atoms with E-state index in [2.05, 4.69) is 9.98 Å². The number of nitrogens with zero attached hydrogens (tertiary/aromatic N) is 4. The van der Waals surface area contributed by atoms with E-state index in [4.69, 9.17) is 0 Å². The average Bonchev–Trinajstić information content (AvgIpc) is 3.05. The Hall–Kier alpha value is -2.34. The van der Waals surface area contributed by atoms with Crippen molar-refractivity contribution >= 4 is 34.7 Å². The molecular formula is C16H16N4OS. The summed E-state index contributed by atoms with van der Waals surface area (Å²) in [5.41, 5.74) is 0.992. The summed E-state index contributed by atoms with van der Waals surface area (Å²) in [5, 5.41) is 0.673. The second-order valence-electron chi connectivity index (χ2n) is 4.79. The minimum absolute atomic E-state index is 0.0108. The lowest BCUT2D eigenvalue weighted by atomic mass is 10.3. The van der Waals surface area contributed by atoms with Gasteiger partial charge in [0.15, 0.2) is 11.0 Å². The van der Waals surface area contributed by atoms with Gasteiger partial charge >= 0.3 is 0 Å². The molecule has 0 bridgehead atoms. The molecule has 0 atom stereocenters. The number of rotatable bonds is 3. The number of likely N-dealkylation sites (N-methyl/N-ethyl adjacent to an activating group) is 1. The number of aryl methyl sites for hydroxylation is 1. The SMILES string of the molecule is CCN1C(=O)/C(=C\c2cccn2C)S/C1=N/c1ccccn1. The molecule has 3 rings (SSSR count). The highest BCUT2D eigenvalue weighted by Gasteiger charge is 2.32. The standard InChI is InChI=1S/C16H16N4OS/c1-3-20-15(21)13(11-12-7-6-10-19(12)2)22-16(20)18-14-8-4-5-9-17-14/h4-11H,3H2,1-2H3/b13-11+,18-16+. The van der Waals surface area contributed by atoms with E-state index in [0.717, 1.165) is 5.69 Å². The second kappa shape index (κ2) is 6.19. The second-order valence-corrected chi connectivity index (χ2v) is 5.80. The quantitative estimate of drug-likeness (QED) is 0.819. The van der Waals surface area contributed by atoms with E-state index in [9.17, 15) is 4.79 Å². The van der Waals surface area contributed by atoms with Crippen molar-refractivity contribution in [3.8, 4) is 0 Å². The fraction of sp³-hybridized carbons (Fsp3) is 0.188. The molecule has 0 N–H and O–H groups in total. The monoisotopic (exact) mass is 312 g/mol. The lowest BCUT2D eigenvalue weighted by Gasteiger charge is -2.11. The Morgan fingerprint density at radius 1 is 1.32 bits per heavy atom. The molecule has 1 aliphatic heterocycles. The normalized spacial score (nSPS) is 18.6. The molecule has 5 nitrogen and oxygen atoms in total. The van der Waals surface area contributed by atoms with Gasteiger partial charge in [-0.15, -0.1) is 0 Å². The minimum Gasteiger partial charge on any atom is -0.351 e. The molecule has 0 saturated carbocycles. The van der Waals surface area contributed by atoms with Gasteiger partial charge in [0.2, 0.25) is 0 Å². The van der Waals surface area contributed by atoms with Gasteiger partial charge in [0.1, 0.15) is 0 Å². The average molecular weight is 312 g/mol. The Morgan fingerprint density at radius 2 is 2.18 bits per heavy atom. The lowest BCUT2D eigenvalue weighted by Crippen LogP contribution is -2.28. The highest BCUT2D eigenvalue weighted by atomic mass is 32.2. The van der Waals surface area contributed by atoms with Crippen LogP contribution in [0.2, 0.25) is 0 Å². The predicted molar refractivity (Wildman–Crippen MR) is 89.7 cm³/mol. The molecule has 0 aliphatic carbocycles. The highest BCUT2D eigenvalue weighted by molar-refractivity contribution is 8.18. The summed E-state index contributed by atoms with van der Waals surface area (Å²) >= 11 is 1.39. The fourth-order valence-corrected chi connectivity index (χ4v) is 3.18. The first kappa shape index (κ1) is 14.6. The van der Waals surface area contributed by atoms with Crippen molar-refractivity contribution in [1.82, 2.24) is 14.5 Å². The third-order valence-electron chi connectivity index (χ3n) is 3.33. The van der Waals surface area contributed by atoms with Gasteiger partial charge < -0.3 is 4.57 Å². The zero-order chi connectivity index (χ0) is 15.5. The van der Waals surface area contributed by atoms with Crippen LogP contribution in [0.1, 0.15) is 12.6 Å².